The van der Waals surface area contributed by atoms with Crippen molar-refractivity contribution in [3.63, 3.8) is 0 Å². The predicted octanol–water partition coefficient (Wildman–Crippen LogP) is 4.81. The lowest BCUT2D eigenvalue weighted by Gasteiger charge is -2.13. The first-order valence-corrected chi connectivity index (χ1v) is 5.47. The molecule has 0 fully saturated rings. The highest BCUT2D eigenvalue weighted by atomic mass is 19.4. The van der Waals surface area contributed by atoms with Crippen LogP contribution in [0, 0.1) is 6.07 Å². The van der Waals surface area contributed by atoms with Crippen molar-refractivity contribution in [2.75, 3.05) is 0 Å². The fourth-order valence-electron chi connectivity index (χ4n) is 2.23. The average molecular weight is 245 g/mol. The summed E-state index contributed by atoms with van der Waals surface area (Å²) in [6, 6.07) is 15.9. The quantitative estimate of drug-likeness (QED) is 0.498. The first kappa shape index (κ1) is 11.1. The molecule has 0 saturated carbocycles. The van der Waals surface area contributed by atoms with E-state index in [0.717, 1.165) is 0 Å². The molecule has 3 rings (SSSR count). The first-order chi connectivity index (χ1) is 8.57. The third-order valence-electron chi connectivity index (χ3n) is 2.96. The zero-order valence-electron chi connectivity index (χ0n) is 9.25. The van der Waals surface area contributed by atoms with Crippen LogP contribution >= 0.6 is 0 Å². The summed E-state index contributed by atoms with van der Waals surface area (Å²) in [5, 5.41) is 1.50. The topological polar surface area (TPSA) is 0 Å². The number of alkyl halides is 3. The fraction of sp³-hybridized carbons (Fsp3) is 0.0667. The van der Waals surface area contributed by atoms with E-state index in [-0.39, 0.29) is 10.8 Å². The highest BCUT2D eigenvalue weighted by Crippen LogP contribution is 2.39. The van der Waals surface area contributed by atoms with E-state index in [4.69, 9.17) is 0 Å². The fourth-order valence-corrected chi connectivity index (χ4v) is 2.23. The number of benzene rings is 3. The van der Waals surface area contributed by atoms with Crippen LogP contribution in [0.4, 0.5) is 13.2 Å². The molecular weight excluding hydrogens is 237 g/mol. The maximum absolute atomic E-state index is 13.2. The molecule has 0 saturated heterocycles. The molecule has 89 valence electrons. The molecule has 0 bridgehead atoms. The third kappa shape index (κ3) is 1.63. The van der Waals surface area contributed by atoms with Crippen molar-refractivity contribution in [2.24, 2.45) is 0 Å². The van der Waals surface area contributed by atoms with Gasteiger partial charge in [0, 0.05) is 5.39 Å². The molecule has 0 aliphatic rings. The largest absolute Gasteiger partial charge is 0.417 e. The predicted molar refractivity (Wildman–Crippen MR) is 65.3 cm³/mol. The lowest BCUT2D eigenvalue weighted by Crippen LogP contribution is -2.06. The summed E-state index contributed by atoms with van der Waals surface area (Å²) in [5.41, 5.74) is -0.601. The van der Waals surface area contributed by atoms with Gasteiger partial charge in [-0.15, -0.1) is 0 Å². The van der Waals surface area contributed by atoms with Crippen LogP contribution in [-0.2, 0) is 6.18 Å². The second kappa shape index (κ2) is 3.73. The van der Waals surface area contributed by atoms with Crippen molar-refractivity contribution >= 4 is 21.5 Å². The van der Waals surface area contributed by atoms with E-state index < -0.39 is 11.7 Å². The number of hydrogen-bond acceptors (Lipinski definition) is 0. The number of halogens is 3. The second-order valence-corrected chi connectivity index (χ2v) is 4.10. The molecule has 3 aromatic carbocycles. The van der Waals surface area contributed by atoms with Gasteiger partial charge in [-0.25, -0.2) is 0 Å². The van der Waals surface area contributed by atoms with Gasteiger partial charge in [0.25, 0.3) is 0 Å². The van der Waals surface area contributed by atoms with E-state index in [1.54, 1.807) is 36.4 Å². The molecule has 0 spiro atoms. The monoisotopic (exact) mass is 245 g/mol. The summed E-state index contributed by atoms with van der Waals surface area (Å²) in [4.78, 5) is 0. The molecule has 0 aromatic heterocycles. The molecule has 0 unspecified atom stereocenters. The number of hydrogen-bond donors (Lipinski definition) is 0. The SMILES string of the molecule is FC(F)(F)c1c2[c]cccc2cc2ccccc12. The van der Waals surface area contributed by atoms with Gasteiger partial charge in [-0.3, -0.25) is 0 Å². The zero-order valence-corrected chi connectivity index (χ0v) is 9.25. The Bertz CT molecular complexity index is 672. The van der Waals surface area contributed by atoms with Crippen LogP contribution in [0.1, 0.15) is 5.56 Å². The van der Waals surface area contributed by atoms with Crippen molar-refractivity contribution in [1.29, 1.82) is 0 Å². The molecule has 0 heterocycles. The Hall–Kier alpha value is -2.03. The van der Waals surface area contributed by atoms with E-state index in [0.29, 0.717) is 10.8 Å². The first-order valence-electron chi connectivity index (χ1n) is 5.47. The van der Waals surface area contributed by atoms with Gasteiger partial charge in [0.2, 0.25) is 0 Å². The molecule has 0 N–H and O–H groups in total. The molecule has 18 heavy (non-hydrogen) atoms. The van der Waals surface area contributed by atoms with E-state index >= 15 is 0 Å². The Morgan fingerprint density at radius 2 is 1.61 bits per heavy atom. The molecule has 0 aliphatic heterocycles. The van der Waals surface area contributed by atoms with Gasteiger partial charge >= 0.3 is 6.18 Å². The standard InChI is InChI=1S/C15H8F3/c16-15(17,18)14-12-7-3-1-5-10(12)9-11-6-2-4-8-13(11)14/h1-7,9H. The smallest absolute Gasteiger partial charge is 0.166 e. The van der Waals surface area contributed by atoms with Gasteiger partial charge in [-0.05, 0) is 28.3 Å². The van der Waals surface area contributed by atoms with Crippen LogP contribution < -0.4 is 0 Å². The van der Waals surface area contributed by atoms with Crippen molar-refractivity contribution in [3.8, 4) is 0 Å². The van der Waals surface area contributed by atoms with Gasteiger partial charge in [0.1, 0.15) is 0 Å². The maximum Gasteiger partial charge on any atom is 0.417 e. The Morgan fingerprint density at radius 1 is 0.889 bits per heavy atom. The van der Waals surface area contributed by atoms with Gasteiger partial charge in [-0.1, -0.05) is 42.5 Å². The normalized spacial score (nSPS) is 12.2. The van der Waals surface area contributed by atoms with Crippen molar-refractivity contribution in [1.82, 2.24) is 0 Å². The molecule has 1 radical (unpaired) electrons. The van der Waals surface area contributed by atoms with E-state index in [1.807, 2.05) is 0 Å². The van der Waals surface area contributed by atoms with Gasteiger partial charge < -0.3 is 0 Å². The van der Waals surface area contributed by atoms with Crippen LogP contribution in [0.5, 0.6) is 0 Å². The van der Waals surface area contributed by atoms with Crippen LogP contribution in [-0.4, -0.2) is 0 Å². The van der Waals surface area contributed by atoms with Crippen molar-refractivity contribution in [2.45, 2.75) is 6.18 Å². The second-order valence-electron chi connectivity index (χ2n) is 4.10. The van der Waals surface area contributed by atoms with Crippen LogP contribution in [0.2, 0.25) is 0 Å². The molecule has 0 aliphatic carbocycles. The van der Waals surface area contributed by atoms with Crippen molar-refractivity contribution in [3.05, 3.63) is 60.2 Å². The summed E-state index contributed by atoms with van der Waals surface area (Å²) in [6.07, 6.45) is -4.38. The molecular formula is C15H8F3. The van der Waals surface area contributed by atoms with Gasteiger partial charge in [0.05, 0.1) is 5.56 Å². The molecule has 3 aromatic rings. The summed E-state index contributed by atoms with van der Waals surface area (Å²) < 4.78 is 39.7. The summed E-state index contributed by atoms with van der Waals surface area (Å²) in [5.74, 6) is 0. The van der Waals surface area contributed by atoms with E-state index in [9.17, 15) is 13.2 Å². The summed E-state index contributed by atoms with van der Waals surface area (Å²) in [6.45, 7) is 0. The maximum atomic E-state index is 13.2. The molecule has 3 heteroatoms. The average Bonchev–Trinajstić information content (AvgIpc) is 2.34. The van der Waals surface area contributed by atoms with Gasteiger partial charge in [-0.2, -0.15) is 13.2 Å². The minimum atomic E-state index is -4.38. The van der Waals surface area contributed by atoms with Gasteiger partial charge in [0.15, 0.2) is 0 Å². The summed E-state index contributed by atoms with van der Waals surface area (Å²) >= 11 is 0. The zero-order chi connectivity index (χ0) is 12.8. The molecule has 0 atom stereocenters. The highest BCUT2D eigenvalue weighted by Gasteiger charge is 2.34. The van der Waals surface area contributed by atoms with Crippen LogP contribution in [0.15, 0.2) is 48.5 Å². The lowest BCUT2D eigenvalue weighted by atomic mass is 9.96. The highest BCUT2D eigenvalue weighted by molar-refractivity contribution is 6.02. The Kier molecular flexibility index (Phi) is 2.30. The third-order valence-corrected chi connectivity index (χ3v) is 2.96. The van der Waals surface area contributed by atoms with Crippen molar-refractivity contribution < 1.29 is 13.2 Å². The Morgan fingerprint density at radius 3 is 2.39 bits per heavy atom. The Labute approximate surface area is 102 Å². The minimum Gasteiger partial charge on any atom is -0.166 e. The summed E-state index contributed by atoms with van der Waals surface area (Å²) in [7, 11) is 0. The Balaban J connectivity index is 2.58. The van der Waals surface area contributed by atoms with Crippen LogP contribution in [0.3, 0.4) is 0 Å². The minimum absolute atomic E-state index is 0.128. The lowest BCUT2D eigenvalue weighted by molar-refractivity contribution is -0.135. The van der Waals surface area contributed by atoms with E-state index in [1.165, 1.54) is 12.1 Å². The van der Waals surface area contributed by atoms with Crippen LogP contribution in [0.25, 0.3) is 21.5 Å². The van der Waals surface area contributed by atoms with E-state index in [2.05, 4.69) is 6.07 Å². The molecule has 0 nitrogen and oxygen atoms in total. The number of rotatable bonds is 0. The molecule has 0 amide bonds. The number of fused-ring (bicyclic) bond motifs is 2.